The Morgan fingerprint density at radius 3 is 2.59 bits per heavy atom. The fraction of sp³-hybridized carbons (Fsp3) is 0.917. The average molecular weight is 366 g/mol. The Hall–Kier alpha value is 0.550. The molecule has 4 rings (SSSR count). The number of hydrogen-bond donors (Lipinski definition) is 0. The minimum atomic E-state index is -0.509. The van der Waals surface area contributed by atoms with Gasteiger partial charge in [0.15, 0.2) is 5.79 Å². The highest BCUT2D eigenvalue weighted by molar-refractivity contribution is 9.10. The molecule has 2 bridgehead atoms. The third kappa shape index (κ3) is 1.10. The van der Waals surface area contributed by atoms with Crippen LogP contribution in [0.5, 0.6) is 0 Å². The molecule has 1 saturated heterocycles. The molecule has 5 atom stereocenters. The minimum absolute atomic E-state index is 0.0359. The van der Waals surface area contributed by atoms with Crippen LogP contribution in [0.25, 0.3) is 0 Å². The number of fused-ring (bicyclic) bond motifs is 3. The van der Waals surface area contributed by atoms with Gasteiger partial charge in [0, 0.05) is 11.8 Å². The first-order valence-electron chi connectivity index (χ1n) is 6.25. The van der Waals surface area contributed by atoms with E-state index in [0.29, 0.717) is 24.9 Å². The van der Waals surface area contributed by atoms with Crippen molar-refractivity contribution in [2.75, 3.05) is 13.2 Å². The highest BCUT2D eigenvalue weighted by Crippen LogP contribution is 2.71. The van der Waals surface area contributed by atoms with E-state index in [1.165, 1.54) is 0 Å². The lowest BCUT2D eigenvalue weighted by molar-refractivity contribution is -0.184. The lowest BCUT2D eigenvalue weighted by atomic mass is 9.81. The molecule has 0 aromatic rings. The monoisotopic (exact) mass is 364 g/mol. The van der Waals surface area contributed by atoms with Crippen LogP contribution in [0.2, 0.25) is 0 Å². The maximum Gasteiger partial charge on any atom is 0.187 e. The number of hydrogen-bond acceptors (Lipinski definition) is 3. The quantitative estimate of drug-likeness (QED) is 0.617. The largest absolute Gasteiger partial charge is 0.346 e. The van der Waals surface area contributed by atoms with Gasteiger partial charge in [0.1, 0.15) is 5.78 Å². The summed E-state index contributed by atoms with van der Waals surface area (Å²) in [5.41, 5.74) is 0. The van der Waals surface area contributed by atoms with E-state index in [-0.39, 0.29) is 21.0 Å². The molecule has 3 aliphatic carbocycles. The fourth-order valence-electron chi connectivity index (χ4n) is 4.62. The Balaban J connectivity index is 1.83. The van der Waals surface area contributed by atoms with Crippen molar-refractivity contribution in [1.29, 1.82) is 0 Å². The molecule has 3 nitrogen and oxygen atoms in total. The van der Waals surface area contributed by atoms with Crippen LogP contribution in [0.15, 0.2) is 0 Å². The minimum Gasteiger partial charge on any atom is -0.346 e. The predicted molar refractivity (Wildman–Crippen MR) is 68.3 cm³/mol. The standard InChI is InChI=1S/C12H14Br2O3/c13-8-5-7-9(10(8)15)6-1-2-11(7,14)12(6)16-3-4-17-12/h6-9H,1-5H2/t6-,7-,8-,9-,11-/m1/s1. The van der Waals surface area contributed by atoms with Gasteiger partial charge in [-0.05, 0) is 25.2 Å². The van der Waals surface area contributed by atoms with Crippen LogP contribution in [0.4, 0.5) is 0 Å². The van der Waals surface area contributed by atoms with Gasteiger partial charge < -0.3 is 9.47 Å². The van der Waals surface area contributed by atoms with Crippen molar-refractivity contribution in [3.8, 4) is 0 Å². The molecule has 1 spiro atoms. The zero-order valence-corrected chi connectivity index (χ0v) is 12.5. The van der Waals surface area contributed by atoms with E-state index >= 15 is 0 Å². The van der Waals surface area contributed by atoms with Crippen molar-refractivity contribution in [2.45, 2.75) is 34.2 Å². The van der Waals surface area contributed by atoms with E-state index < -0.39 is 5.79 Å². The molecule has 1 aliphatic heterocycles. The third-order valence-corrected chi connectivity index (χ3v) is 7.52. The first-order chi connectivity index (χ1) is 8.10. The van der Waals surface area contributed by atoms with E-state index in [0.717, 1.165) is 19.3 Å². The normalized spacial score (nSPS) is 54.8. The number of Topliss-reactive ketones (excluding diaryl/α,β-unsaturated/α-hetero) is 1. The van der Waals surface area contributed by atoms with Gasteiger partial charge in [-0.15, -0.1) is 0 Å². The molecule has 1 heterocycles. The predicted octanol–water partition coefficient (Wildman–Crippen LogP) is 2.26. The van der Waals surface area contributed by atoms with E-state index in [9.17, 15) is 4.79 Å². The van der Waals surface area contributed by atoms with Gasteiger partial charge in [-0.25, -0.2) is 0 Å². The summed E-state index contributed by atoms with van der Waals surface area (Å²) in [5.74, 6) is 0.608. The summed E-state index contributed by atoms with van der Waals surface area (Å²) in [6.45, 7) is 1.32. The van der Waals surface area contributed by atoms with Crippen molar-refractivity contribution in [1.82, 2.24) is 0 Å². The highest BCUT2D eigenvalue weighted by atomic mass is 79.9. The lowest BCUT2D eigenvalue weighted by Crippen LogP contribution is -2.48. The Kier molecular flexibility index (Phi) is 2.24. The van der Waals surface area contributed by atoms with Crippen LogP contribution in [0, 0.1) is 17.8 Å². The second kappa shape index (κ2) is 3.35. The maximum atomic E-state index is 12.3. The molecule has 4 fully saturated rings. The third-order valence-electron chi connectivity index (χ3n) is 5.16. The van der Waals surface area contributed by atoms with Crippen LogP contribution in [-0.2, 0) is 14.3 Å². The summed E-state index contributed by atoms with van der Waals surface area (Å²) >= 11 is 7.42. The number of ketones is 1. The van der Waals surface area contributed by atoms with Gasteiger partial charge in [0.05, 0.1) is 22.4 Å². The molecular weight excluding hydrogens is 352 g/mol. The molecule has 0 aromatic heterocycles. The molecule has 0 N–H and O–H groups in total. The van der Waals surface area contributed by atoms with Gasteiger partial charge >= 0.3 is 0 Å². The van der Waals surface area contributed by atoms with Crippen LogP contribution in [-0.4, -0.2) is 33.9 Å². The second-order valence-corrected chi connectivity index (χ2v) is 8.13. The summed E-state index contributed by atoms with van der Waals surface area (Å²) in [6.07, 6.45) is 3.02. The van der Waals surface area contributed by atoms with E-state index in [1.807, 2.05) is 0 Å². The SMILES string of the molecule is O=C1[C@@H]2[C@H]3CC[C@@](Br)([C@@H]2C[C@H]1Br)C31OCCO1. The number of alkyl halides is 2. The molecule has 4 aliphatic rings. The van der Waals surface area contributed by atoms with Crippen molar-refractivity contribution < 1.29 is 14.3 Å². The van der Waals surface area contributed by atoms with E-state index in [2.05, 4.69) is 31.9 Å². The Morgan fingerprint density at radius 1 is 1.24 bits per heavy atom. The maximum absolute atomic E-state index is 12.3. The number of carbonyl (C=O) groups is 1. The Labute approximate surface area is 117 Å². The van der Waals surface area contributed by atoms with Crippen LogP contribution < -0.4 is 0 Å². The average Bonchev–Trinajstić information content (AvgIpc) is 2.99. The van der Waals surface area contributed by atoms with Crippen molar-refractivity contribution in [2.24, 2.45) is 17.8 Å². The van der Waals surface area contributed by atoms with E-state index in [4.69, 9.17) is 9.47 Å². The van der Waals surface area contributed by atoms with Gasteiger partial charge in [-0.1, -0.05) is 31.9 Å². The zero-order valence-electron chi connectivity index (χ0n) is 9.33. The molecule has 94 valence electrons. The van der Waals surface area contributed by atoms with Crippen LogP contribution in [0.1, 0.15) is 19.3 Å². The molecule has 3 saturated carbocycles. The van der Waals surface area contributed by atoms with Crippen LogP contribution >= 0.6 is 31.9 Å². The summed E-state index contributed by atoms with van der Waals surface area (Å²) in [4.78, 5) is 12.3. The molecule has 0 radical (unpaired) electrons. The molecule has 5 heteroatoms. The van der Waals surface area contributed by atoms with Crippen molar-refractivity contribution in [3.05, 3.63) is 0 Å². The smallest absolute Gasteiger partial charge is 0.187 e. The molecule has 0 aromatic carbocycles. The summed E-state index contributed by atoms with van der Waals surface area (Å²) in [6, 6.07) is 0. The van der Waals surface area contributed by atoms with Gasteiger partial charge in [0.25, 0.3) is 0 Å². The number of rotatable bonds is 0. The fourth-order valence-corrected chi connectivity index (χ4v) is 6.55. The number of halogens is 2. The first kappa shape index (κ1) is 11.4. The van der Waals surface area contributed by atoms with Crippen LogP contribution in [0.3, 0.4) is 0 Å². The van der Waals surface area contributed by atoms with Crippen molar-refractivity contribution in [3.63, 3.8) is 0 Å². The lowest BCUT2D eigenvalue weighted by Gasteiger charge is -2.37. The molecule has 0 amide bonds. The highest BCUT2D eigenvalue weighted by Gasteiger charge is 2.78. The molecule has 0 unspecified atom stereocenters. The van der Waals surface area contributed by atoms with Gasteiger partial charge in [-0.2, -0.15) is 0 Å². The molecule has 17 heavy (non-hydrogen) atoms. The second-order valence-electron chi connectivity index (χ2n) is 5.61. The Morgan fingerprint density at radius 2 is 1.94 bits per heavy atom. The summed E-state index contributed by atoms with van der Waals surface area (Å²) < 4.78 is 11.8. The van der Waals surface area contributed by atoms with E-state index in [1.54, 1.807) is 0 Å². The summed E-state index contributed by atoms with van der Waals surface area (Å²) in [5, 5.41) is 0. The van der Waals surface area contributed by atoms with Gasteiger partial charge in [-0.3, -0.25) is 4.79 Å². The van der Waals surface area contributed by atoms with Gasteiger partial charge in [0.2, 0.25) is 0 Å². The number of ether oxygens (including phenoxy) is 2. The first-order valence-corrected chi connectivity index (χ1v) is 7.96. The zero-order chi connectivity index (χ0) is 11.8. The Bertz CT molecular complexity index is 393. The molecular formula is C12H14Br2O3. The topological polar surface area (TPSA) is 35.5 Å². The summed E-state index contributed by atoms with van der Waals surface area (Å²) in [7, 11) is 0. The van der Waals surface area contributed by atoms with Crippen molar-refractivity contribution >= 4 is 37.6 Å². The number of carbonyl (C=O) groups excluding carboxylic acids is 1.